The Labute approximate surface area is 174 Å². The molecule has 0 radical (unpaired) electrons. The van der Waals surface area contributed by atoms with E-state index in [4.69, 9.17) is 21.3 Å². The fourth-order valence-corrected chi connectivity index (χ4v) is 3.58. The van der Waals surface area contributed by atoms with E-state index in [1.807, 2.05) is 41.3 Å². The van der Waals surface area contributed by atoms with Gasteiger partial charge in [-0.3, -0.25) is 4.79 Å². The Bertz CT molecular complexity index is 1000. The highest BCUT2D eigenvalue weighted by atomic mass is 35.5. The van der Waals surface area contributed by atoms with Crippen LogP contribution in [0.5, 0.6) is 5.75 Å². The molecule has 4 rings (SSSR count). The molecule has 1 aromatic heterocycles. The molecular formula is C22H21ClN4O2. The fourth-order valence-electron chi connectivity index (χ4n) is 3.41. The lowest BCUT2D eigenvalue weighted by Crippen LogP contribution is -2.49. The Morgan fingerprint density at radius 2 is 1.79 bits per heavy atom. The average Bonchev–Trinajstić information content (AvgIpc) is 2.79. The lowest BCUT2D eigenvalue weighted by Gasteiger charge is -2.35. The molecule has 29 heavy (non-hydrogen) atoms. The maximum Gasteiger partial charge on any atom is 0.257 e. The van der Waals surface area contributed by atoms with Gasteiger partial charge in [-0.25, -0.2) is 9.97 Å². The van der Waals surface area contributed by atoms with Crippen molar-refractivity contribution in [3.8, 4) is 17.1 Å². The highest BCUT2D eigenvalue weighted by Gasteiger charge is 2.25. The van der Waals surface area contributed by atoms with Crippen molar-refractivity contribution in [2.24, 2.45) is 0 Å². The van der Waals surface area contributed by atoms with Crippen LogP contribution < -0.4 is 9.64 Å². The summed E-state index contributed by atoms with van der Waals surface area (Å²) in [5.74, 6) is 2.03. The van der Waals surface area contributed by atoms with E-state index in [1.54, 1.807) is 31.5 Å². The Morgan fingerprint density at radius 1 is 1.03 bits per heavy atom. The second-order valence-corrected chi connectivity index (χ2v) is 7.16. The van der Waals surface area contributed by atoms with Gasteiger partial charge in [0.15, 0.2) is 5.82 Å². The van der Waals surface area contributed by atoms with E-state index in [9.17, 15) is 4.79 Å². The van der Waals surface area contributed by atoms with E-state index >= 15 is 0 Å². The van der Waals surface area contributed by atoms with Gasteiger partial charge in [0.05, 0.1) is 12.7 Å². The molecule has 0 unspecified atom stereocenters. The zero-order valence-corrected chi connectivity index (χ0v) is 16.8. The number of benzene rings is 2. The number of rotatable bonds is 4. The van der Waals surface area contributed by atoms with Crippen molar-refractivity contribution < 1.29 is 9.53 Å². The third-order valence-electron chi connectivity index (χ3n) is 4.96. The molecule has 2 heterocycles. The molecule has 3 aromatic rings. The number of methoxy groups -OCH3 is 1. The highest BCUT2D eigenvalue weighted by molar-refractivity contribution is 6.31. The zero-order valence-electron chi connectivity index (χ0n) is 16.1. The van der Waals surface area contributed by atoms with Crippen LogP contribution in [0.3, 0.4) is 0 Å². The van der Waals surface area contributed by atoms with E-state index in [1.165, 1.54) is 0 Å². The number of amides is 1. The molecule has 1 fully saturated rings. The van der Waals surface area contributed by atoms with Gasteiger partial charge in [0.2, 0.25) is 0 Å². The number of anilines is 1. The molecule has 0 N–H and O–H groups in total. The predicted octanol–water partition coefficient (Wildman–Crippen LogP) is 3.77. The van der Waals surface area contributed by atoms with Gasteiger partial charge >= 0.3 is 0 Å². The summed E-state index contributed by atoms with van der Waals surface area (Å²) in [7, 11) is 1.55. The van der Waals surface area contributed by atoms with Crippen molar-refractivity contribution in [1.29, 1.82) is 0 Å². The van der Waals surface area contributed by atoms with Crippen LogP contribution in [0.1, 0.15) is 10.4 Å². The maximum absolute atomic E-state index is 13.0. The van der Waals surface area contributed by atoms with Gasteiger partial charge in [-0.05, 0) is 24.3 Å². The van der Waals surface area contributed by atoms with Crippen LogP contribution in [0, 0.1) is 0 Å². The molecule has 0 aliphatic carbocycles. The summed E-state index contributed by atoms with van der Waals surface area (Å²) in [4.78, 5) is 26.0. The van der Waals surface area contributed by atoms with Crippen LogP contribution in [0.25, 0.3) is 11.4 Å². The Morgan fingerprint density at radius 3 is 2.52 bits per heavy atom. The summed E-state index contributed by atoms with van der Waals surface area (Å²) in [6.07, 6.45) is 1.78. The van der Waals surface area contributed by atoms with Gasteiger partial charge in [0.25, 0.3) is 5.91 Å². The first-order valence-electron chi connectivity index (χ1n) is 9.42. The van der Waals surface area contributed by atoms with Gasteiger partial charge in [-0.15, -0.1) is 0 Å². The molecule has 1 aliphatic heterocycles. The second kappa shape index (κ2) is 8.49. The Hall–Kier alpha value is -3.12. The number of ether oxygens (including phenoxy) is 1. The number of carbonyl (C=O) groups excluding carboxylic acids is 1. The van der Waals surface area contributed by atoms with Crippen molar-refractivity contribution in [2.75, 3.05) is 38.2 Å². The number of nitrogens with zero attached hydrogens (tertiary/aromatic N) is 4. The molecule has 2 aromatic carbocycles. The van der Waals surface area contributed by atoms with Crippen molar-refractivity contribution in [3.05, 3.63) is 71.4 Å². The minimum absolute atomic E-state index is 0.0725. The third-order valence-corrected chi connectivity index (χ3v) is 5.19. The standard InChI is InChI=1S/C22H21ClN4O2/c1-29-19-8-7-17(23)15-18(19)22(28)27-13-11-26(12-14-27)20-9-10-24-21(25-20)16-5-3-2-4-6-16/h2-10,15H,11-14H2,1H3. The lowest BCUT2D eigenvalue weighted by atomic mass is 10.1. The maximum atomic E-state index is 13.0. The molecule has 1 saturated heterocycles. The van der Waals surface area contributed by atoms with Gasteiger partial charge in [0.1, 0.15) is 11.6 Å². The zero-order chi connectivity index (χ0) is 20.2. The van der Waals surface area contributed by atoms with Gasteiger partial charge in [-0.1, -0.05) is 41.9 Å². The number of hydrogen-bond acceptors (Lipinski definition) is 5. The summed E-state index contributed by atoms with van der Waals surface area (Å²) in [5.41, 5.74) is 1.47. The monoisotopic (exact) mass is 408 g/mol. The minimum Gasteiger partial charge on any atom is -0.496 e. The SMILES string of the molecule is COc1ccc(Cl)cc1C(=O)N1CCN(c2ccnc(-c3ccccc3)n2)CC1. The first-order chi connectivity index (χ1) is 14.2. The summed E-state index contributed by atoms with van der Waals surface area (Å²) in [6, 6.07) is 16.9. The molecule has 0 atom stereocenters. The minimum atomic E-state index is -0.0725. The molecule has 0 spiro atoms. The lowest BCUT2D eigenvalue weighted by molar-refractivity contribution is 0.0743. The summed E-state index contributed by atoms with van der Waals surface area (Å²) < 4.78 is 5.32. The van der Waals surface area contributed by atoms with Gasteiger partial charge in [0, 0.05) is 43.0 Å². The van der Waals surface area contributed by atoms with Crippen molar-refractivity contribution in [3.63, 3.8) is 0 Å². The molecule has 148 valence electrons. The van der Waals surface area contributed by atoms with Crippen LogP contribution in [-0.2, 0) is 0 Å². The van der Waals surface area contributed by atoms with Crippen LogP contribution >= 0.6 is 11.6 Å². The molecule has 6 nitrogen and oxygen atoms in total. The van der Waals surface area contributed by atoms with E-state index in [0.29, 0.717) is 48.3 Å². The van der Waals surface area contributed by atoms with Crippen molar-refractivity contribution >= 4 is 23.3 Å². The largest absolute Gasteiger partial charge is 0.496 e. The summed E-state index contributed by atoms with van der Waals surface area (Å²) in [6.45, 7) is 2.58. The number of aromatic nitrogens is 2. The Kier molecular flexibility index (Phi) is 5.62. The van der Waals surface area contributed by atoms with E-state index in [-0.39, 0.29) is 5.91 Å². The molecule has 1 aliphatic rings. The number of carbonyl (C=O) groups is 1. The van der Waals surface area contributed by atoms with E-state index < -0.39 is 0 Å². The molecule has 0 saturated carbocycles. The second-order valence-electron chi connectivity index (χ2n) is 6.73. The van der Waals surface area contributed by atoms with Crippen LogP contribution in [-0.4, -0.2) is 54.1 Å². The topological polar surface area (TPSA) is 58.6 Å². The smallest absolute Gasteiger partial charge is 0.257 e. The molecule has 7 heteroatoms. The van der Waals surface area contributed by atoms with E-state index in [0.717, 1.165) is 11.4 Å². The molecule has 0 bridgehead atoms. The van der Waals surface area contributed by atoms with Crippen molar-refractivity contribution in [2.45, 2.75) is 0 Å². The third kappa shape index (κ3) is 4.17. The van der Waals surface area contributed by atoms with Crippen LogP contribution in [0.15, 0.2) is 60.8 Å². The summed E-state index contributed by atoms with van der Waals surface area (Å²) in [5, 5.41) is 0.516. The molecule has 1 amide bonds. The number of halogens is 1. The van der Waals surface area contributed by atoms with Crippen LogP contribution in [0.2, 0.25) is 5.02 Å². The first kappa shape index (κ1) is 19.2. The van der Waals surface area contributed by atoms with Crippen LogP contribution in [0.4, 0.5) is 5.82 Å². The van der Waals surface area contributed by atoms with E-state index in [2.05, 4.69) is 9.88 Å². The quantitative estimate of drug-likeness (QED) is 0.657. The van der Waals surface area contributed by atoms with Gasteiger partial charge < -0.3 is 14.5 Å². The fraction of sp³-hybridized carbons (Fsp3) is 0.227. The summed E-state index contributed by atoms with van der Waals surface area (Å²) >= 11 is 6.08. The number of piperazine rings is 1. The van der Waals surface area contributed by atoms with Gasteiger partial charge in [-0.2, -0.15) is 0 Å². The highest BCUT2D eigenvalue weighted by Crippen LogP contribution is 2.25. The normalized spacial score (nSPS) is 14.0. The average molecular weight is 409 g/mol. The number of hydrogen-bond donors (Lipinski definition) is 0. The predicted molar refractivity (Wildman–Crippen MR) is 114 cm³/mol. The Balaban J connectivity index is 1.46. The van der Waals surface area contributed by atoms with Crippen molar-refractivity contribution in [1.82, 2.24) is 14.9 Å². The molecular weight excluding hydrogens is 388 g/mol. The first-order valence-corrected chi connectivity index (χ1v) is 9.80.